The normalized spacial score (nSPS) is 11.1. The van der Waals surface area contributed by atoms with E-state index in [0.29, 0.717) is 24.8 Å². The largest absolute Gasteiger partial charge is 0.481 e. The third-order valence-corrected chi connectivity index (χ3v) is 4.22. The molecule has 0 atom stereocenters. The molecule has 0 saturated carbocycles. The molecule has 4 heterocycles. The Morgan fingerprint density at radius 1 is 1.22 bits per heavy atom. The van der Waals surface area contributed by atoms with Crippen molar-refractivity contribution >= 4 is 16.9 Å². The van der Waals surface area contributed by atoms with Crippen LogP contribution in [0.4, 0.5) is 5.82 Å². The van der Waals surface area contributed by atoms with E-state index in [-0.39, 0.29) is 0 Å². The van der Waals surface area contributed by atoms with Crippen LogP contribution in [0.15, 0.2) is 41.2 Å². The van der Waals surface area contributed by atoms with Gasteiger partial charge >= 0.3 is 0 Å². The summed E-state index contributed by atoms with van der Waals surface area (Å²) in [5, 5.41) is 7.38. The van der Waals surface area contributed by atoms with Gasteiger partial charge in [0.05, 0.1) is 25.7 Å². The van der Waals surface area contributed by atoms with E-state index in [1.54, 1.807) is 13.3 Å². The van der Waals surface area contributed by atoms with E-state index < -0.39 is 0 Å². The van der Waals surface area contributed by atoms with Crippen LogP contribution >= 0.6 is 0 Å². The molecule has 0 aliphatic rings. The smallest absolute Gasteiger partial charge is 0.218 e. The number of hydrogen-bond acceptors (Lipinski definition) is 7. The first-order chi connectivity index (χ1) is 13.1. The van der Waals surface area contributed by atoms with Crippen molar-refractivity contribution < 1.29 is 9.26 Å². The van der Waals surface area contributed by atoms with E-state index in [4.69, 9.17) is 9.26 Å². The van der Waals surface area contributed by atoms with Crippen molar-refractivity contribution in [2.45, 2.75) is 26.9 Å². The van der Waals surface area contributed by atoms with E-state index in [0.717, 1.165) is 33.9 Å². The summed E-state index contributed by atoms with van der Waals surface area (Å²) in [6.45, 7) is 4.87. The van der Waals surface area contributed by atoms with Crippen LogP contribution in [-0.2, 0) is 13.1 Å². The van der Waals surface area contributed by atoms with Gasteiger partial charge in [0.15, 0.2) is 5.82 Å². The third-order valence-electron chi connectivity index (χ3n) is 4.22. The molecule has 27 heavy (non-hydrogen) atoms. The van der Waals surface area contributed by atoms with Gasteiger partial charge in [-0.1, -0.05) is 11.2 Å². The summed E-state index contributed by atoms with van der Waals surface area (Å²) >= 11 is 0. The minimum atomic E-state index is 0.518. The summed E-state index contributed by atoms with van der Waals surface area (Å²) in [7, 11) is 1.62. The van der Waals surface area contributed by atoms with Crippen LogP contribution in [0.1, 0.15) is 22.8 Å². The summed E-state index contributed by atoms with van der Waals surface area (Å²) in [5.41, 5.74) is 3.61. The Morgan fingerprint density at radius 3 is 2.89 bits per heavy atom. The van der Waals surface area contributed by atoms with Gasteiger partial charge < -0.3 is 19.1 Å². The molecule has 4 aromatic heterocycles. The Hall–Kier alpha value is -3.42. The van der Waals surface area contributed by atoms with Crippen LogP contribution in [0, 0.1) is 13.8 Å². The van der Waals surface area contributed by atoms with Gasteiger partial charge in [-0.3, -0.25) is 0 Å². The number of rotatable bonds is 6. The molecule has 1 N–H and O–H groups in total. The summed E-state index contributed by atoms with van der Waals surface area (Å²) < 4.78 is 12.6. The number of ether oxygens (including phenoxy) is 1. The number of aromatic nitrogens is 5. The highest BCUT2D eigenvalue weighted by Crippen LogP contribution is 2.25. The molecule has 0 spiro atoms. The lowest BCUT2D eigenvalue weighted by Crippen LogP contribution is -2.08. The molecule has 138 valence electrons. The fourth-order valence-electron chi connectivity index (χ4n) is 3.07. The number of fused-ring (bicyclic) bond motifs is 1. The molecule has 8 nitrogen and oxygen atoms in total. The van der Waals surface area contributed by atoms with Crippen molar-refractivity contribution in [1.29, 1.82) is 0 Å². The van der Waals surface area contributed by atoms with Gasteiger partial charge in [-0.2, -0.15) is 0 Å². The first-order valence-electron chi connectivity index (χ1n) is 8.61. The fourth-order valence-corrected chi connectivity index (χ4v) is 3.07. The van der Waals surface area contributed by atoms with E-state index in [1.807, 2.05) is 44.3 Å². The molecule has 4 aromatic rings. The van der Waals surface area contributed by atoms with E-state index in [9.17, 15) is 0 Å². The van der Waals surface area contributed by atoms with E-state index >= 15 is 0 Å². The predicted octanol–water partition coefficient (Wildman–Crippen LogP) is 3.10. The molecule has 0 unspecified atom stereocenters. The first-order valence-corrected chi connectivity index (χ1v) is 8.61. The van der Waals surface area contributed by atoms with E-state index in [1.165, 1.54) is 0 Å². The van der Waals surface area contributed by atoms with Crippen molar-refractivity contribution in [3.63, 3.8) is 0 Å². The number of pyridine rings is 1. The van der Waals surface area contributed by atoms with Crippen LogP contribution in [-0.4, -0.2) is 31.8 Å². The Morgan fingerprint density at radius 2 is 2.11 bits per heavy atom. The van der Waals surface area contributed by atoms with Gasteiger partial charge in [0.1, 0.15) is 22.8 Å². The van der Waals surface area contributed by atoms with Gasteiger partial charge in [0, 0.05) is 24.0 Å². The lowest BCUT2D eigenvalue weighted by Gasteiger charge is -2.12. The van der Waals surface area contributed by atoms with Gasteiger partial charge in [-0.25, -0.2) is 15.0 Å². The fraction of sp³-hybridized carbons (Fsp3) is 0.263. The summed E-state index contributed by atoms with van der Waals surface area (Å²) in [4.78, 5) is 13.4. The zero-order chi connectivity index (χ0) is 18.8. The molecular weight excluding hydrogens is 344 g/mol. The second kappa shape index (κ2) is 7.06. The lowest BCUT2D eigenvalue weighted by molar-refractivity contribution is 0.391. The molecule has 0 amide bonds. The molecule has 0 radical (unpaired) electrons. The van der Waals surface area contributed by atoms with Crippen LogP contribution in [0.3, 0.4) is 0 Å². The number of aryl methyl sites for hydroxylation is 2. The summed E-state index contributed by atoms with van der Waals surface area (Å²) in [5.74, 6) is 2.85. The highest BCUT2D eigenvalue weighted by atomic mass is 16.5. The molecular formula is C19H20N6O2. The molecule has 8 heteroatoms. The van der Waals surface area contributed by atoms with Crippen molar-refractivity contribution in [3.8, 4) is 5.88 Å². The number of nitrogens with zero attached hydrogens (tertiary/aromatic N) is 5. The molecule has 0 saturated heterocycles. The van der Waals surface area contributed by atoms with Gasteiger partial charge in [0.2, 0.25) is 5.88 Å². The predicted molar refractivity (Wildman–Crippen MR) is 101 cm³/mol. The monoisotopic (exact) mass is 364 g/mol. The second-order valence-electron chi connectivity index (χ2n) is 6.25. The zero-order valence-corrected chi connectivity index (χ0v) is 15.4. The third kappa shape index (κ3) is 3.46. The number of nitrogens with one attached hydrogen (secondary N) is 1. The summed E-state index contributed by atoms with van der Waals surface area (Å²) in [6, 6.07) is 7.78. The Bertz CT molecular complexity index is 1080. The van der Waals surface area contributed by atoms with Crippen molar-refractivity contribution in [3.05, 3.63) is 59.5 Å². The average molecular weight is 364 g/mol. The lowest BCUT2D eigenvalue weighted by atomic mass is 10.2. The quantitative estimate of drug-likeness (QED) is 0.562. The molecule has 4 rings (SSSR count). The maximum absolute atomic E-state index is 5.37. The molecule has 0 aromatic carbocycles. The first kappa shape index (κ1) is 17.0. The van der Waals surface area contributed by atoms with Crippen LogP contribution in [0.2, 0.25) is 0 Å². The zero-order valence-electron chi connectivity index (χ0n) is 15.4. The Kier molecular flexibility index (Phi) is 4.45. The van der Waals surface area contributed by atoms with Crippen LogP contribution < -0.4 is 10.1 Å². The number of anilines is 1. The highest BCUT2D eigenvalue weighted by Gasteiger charge is 2.13. The Balaban J connectivity index is 1.69. The van der Waals surface area contributed by atoms with E-state index in [2.05, 4.69) is 30.0 Å². The maximum Gasteiger partial charge on any atom is 0.218 e. The van der Waals surface area contributed by atoms with Gasteiger partial charge in [-0.05, 0) is 26.0 Å². The van der Waals surface area contributed by atoms with Crippen molar-refractivity contribution in [2.75, 3.05) is 12.4 Å². The van der Waals surface area contributed by atoms with Gasteiger partial charge in [0.25, 0.3) is 0 Å². The Labute approximate surface area is 156 Å². The van der Waals surface area contributed by atoms with Crippen LogP contribution in [0.5, 0.6) is 5.88 Å². The minimum absolute atomic E-state index is 0.518. The molecule has 0 bridgehead atoms. The number of methoxy groups -OCH3 is 1. The minimum Gasteiger partial charge on any atom is -0.481 e. The number of hydrogen-bond donors (Lipinski definition) is 1. The van der Waals surface area contributed by atoms with Crippen molar-refractivity contribution in [2.24, 2.45) is 0 Å². The maximum atomic E-state index is 5.37. The molecule has 0 fully saturated rings. The highest BCUT2D eigenvalue weighted by molar-refractivity contribution is 5.86. The standard InChI is InChI=1S/C19H20N6O2/c1-12-9-15(24-27-12)10-21-18-17-16(22-13(2)23-18)6-8-25(17)11-14-5-4-7-20-19(14)26-3/h4-9H,10-11H2,1-3H3,(H,21,22,23). The second-order valence-corrected chi connectivity index (χ2v) is 6.25. The molecule has 0 aliphatic heterocycles. The SMILES string of the molecule is COc1ncccc1Cn1ccc2nc(C)nc(NCc3cc(C)on3)c21. The van der Waals surface area contributed by atoms with Gasteiger partial charge in [-0.15, -0.1) is 0 Å². The van der Waals surface area contributed by atoms with Crippen LogP contribution in [0.25, 0.3) is 11.0 Å². The topological polar surface area (TPSA) is 90.9 Å². The molecule has 0 aliphatic carbocycles. The average Bonchev–Trinajstić information content (AvgIpc) is 3.26. The summed E-state index contributed by atoms with van der Waals surface area (Å²) in [6.07, 6.45) is 3.71. The van der Waals surface area contributed by atoms with Crippen molar-refractivity contribution in [1.82, 2.24) is 24.7 Å².